The van der Waals surface area contributed by atoms with Crippen LogP contribution < -0.4 is 10.2 Å². The molecule has 1 saturated heterocycles. The fourth-order valence-corrected chi connectivity index (χ4v) is 3.38. The van der Waals surface area contributed by atoms with Gasteiger partial charge in [-0.1, -0.05) is 37.1 Å². The molecular weight excluding hydrogens is 338 g/mol. The molecule has 0 unspecified atom stereocenters. The molecule has 2 aromatic rings. The van der Waals surface area contributed by atoms with E-state index in [0.717, 1.165) is 31.6 Å². The topological polar surface area (TPSA) is 52.7 Å². The fourth-order valence-electron chi connectivity index (χ4n) is 3.38. The number of anilines is 2. The Morgan fingerprint density at radius 3 is 2.37 bits per heavy atom. The minimum Gasteiger partial charge on any atom is -0.365 e. The van der Waals surface area contributed by atoms with Crippen LogP contribution in [-0.2, 0) is 4.79 Å². The van der Waals surface area contributed by atoms with Gasteiger partial charge >= 0.3 is 0 Å². The molecule has 1 N–H and O–H groups in total. The Kier molecular flexibility index (Phi) is 6.47. The molecule has 0 aliphatic carbocycles. The molecule has 1 heterocycles. The number of amides is 2. The number of carbonyl (C=O) groups is 2. The average molecular weight is 365 g/mol. The van der Waals surface area contributed by atoms with Gasteiger partial charge in [-0.25, -0.2) is 0 Å². The van der Waals surface area contributed by atoms with Crippen LogP contribution in [0.15, 0.2) is 54.6 Å². The van der Waals surface area contributed by atoms with E-state index in [1.54, 1.807) is 6.07 Å². The number of rotatable bonds is 5. The maximum atomic E-state index is 12.8. The van der Waals surface area contributed by atoms with Gasteiger partial charge in [0.15, 0.2) is 0 Å². The van der Waals surface area contributed by atoms with Gasteiger partial charge in [0, 0.05) is 37.1 Å². The van der Waals surface area contributed by atoms with Crippen LogP contribution in [0.1, 0.15) is 36.0 Å². The standard InChI is InChI=1S/C22H27N3O2/c1-24(20-12-5-4-6-13-20)17-21(26)23-19-11-9-10-18(16-19)22(27)25-14-7-2-3-8-15-25/h4-6,9-13,16H,2-3,7-8,14-15,17H2,1H3,(H,23,26). The van der Waals surface area contributed by atoms with Gasteiger partial charge in [-0.05, 0) is 43.2 Å². The van der Waals surface area contributed by atoms with Crippen molar-refractivity contribution in [2.45, 2.75) is 25.7 Å². The predicted molar refractivity (Wildman–Crippen MR) is 109 cm³/mol. The fraction of sp³-hybridized carbons (Fsp3) is 0.364. The first-order valence-corrected chi connectivity index (χ1v) is 9.59. The maximum Gasteiger partial charge on any atom is 0.253 e. The smallest absolute Gasteiger partial charge is 0.253 e. The lowest BCUT2D eigenvalue weighted by Crippen LogP contribution is -2.32. The lowest BCUT2D eigenvalue weighted by atomic mass is 10.1. The van der Waals surface area contributed by atoms with Crippen LogP contribution >= 0.6 is 0 Å². The van der Waals surface area contributed by atoms with Crippen molar-refractivity contribution in [2.75, 3.05) is 36.9 Å². The number of hydrogen-bond donors (Lipinski definition) is 1. The zero-order chi connectivity index (χ0) is 19.1. The number of likely N-dealkylation sites (N-methyl/N-ethyl adjacent to an activating group) is 1. The SMILES string of the molecule is CN(CC(=O)Nc1cccc(C(=O)N2CCCCCC2)c1)c1ccccc1. The van der Waals surface area contributed by atoms with E-state index < -0.39 is 0 Å². The summed E-state index contributed by atoms with van der Waals surface area (Å²) in [5.74, 6) is -0.0601. The van der Waals surface area contributed by atoms with Crippen LogP contribution in [0.2, 0.25) is 0 Å². The summed E-state index contributed by atoms with van der Waals surface area (Å²) in [6, 6.07) is 17.0. The quantitative estimate of drug-likeness (QED) is 0.877. The summed E-state index contributed by atoms with van der Waals surface area (Å²) in [6.45, 7) is 1.88. The van der Waals surface area contributed by atoms with Crippen molar-refractivity contribution in [1.82, 2.24) is 4.90 Å². The minimum absolute atomic E-state index is 0.0504. The maximum absolute atomic E-state index is 12.8. The summed E-state index contributed by atoms with van der Waals surface area (Å²) in [4.78, 5) is 29.0. The zero-order valence-corrected chi connectivity index (χ0v) is 15.9. The van der Waals surface area contributed by atoms with Gasteiger partial charge in [0.2, 0.25) is 5.91 Å². The molecule has 27 heavy (non-hydrogen) atoms. The monoisotopic (exact) mass is 365 g/mol. The Morgan fingerprint density at radius 1 is 0.963 bits per heavy atom. The van der Waals surface area contributed by atoms with E-state index in [1.807, 2.05) is 65.4 Å². The molecule has 5 nitrogen and oxygen atoms in total. The van der Waals surface area contributed by atoms with Crippen LogP contribution in [-0.4, -0.2) is 43.4 Å². The van der Waals surface area contributed by atoms with Gasteiger partial charge in [-0.2, -0.15) is 0 Å². The van der Waals surface area contributed by atoms with Crippen molar-refractivity contribution in [2.24, 2.45) is 0 Å². The van der Waals surface area contributed by atoms with Gasteiger partial charge in [0.05, 0.1) is 6.54 Å². The summed E-state index contributed by atoms with van der Waals surface area (Å²) < 4.78 is 0. The molecular formula is C22H27N3O2. The Hall–Kier alpha value is -2.82. The average Bonchev–Trinajstić information content (AvgIpc) is 2.97. The number of para-hydroxylation sites is 1. The summed E-state index contributed by atoms with van der Waals surface area (Å²) in [7, 11) is 1.88. The van der Waals surface area contributed by atoms with Crippen molar-refractivity contribution in [3.8, 4) is 0 Å². The molecule has 1 aliphatic rings. The van der Waals surface area contributed by atoms with Crippen molar-refractivity contribution >= 4 is 23.2 Å². The van der Waals surface area contributed by atoms with Gasteiger partial charge in [0.25, 0.3) is 5.91 Å². The second-order valence-corrected chi connectivity index (χ2v) is 7.03. The number of nitrogens with zero attached hydrogens (tertiary/aromatic N) is 2. The normalized spacial score (nSPS) is 14.3. The lowest BCUT2D eigenvalue weighted by Gasteiger charge is -2.21. The second kappa shape index (κ2) is 9.21. The number of benzene rings is 2. The lowest BCUT2D eigenvalue weighted by molar-refractivity contribution is -0.114. The summed E-state index contributed by atoms with van der Waals surface area (Å²) in [5.41, 5.74) is 2.27. The minimum atomic E-state index is -0.110. The molecule has 0 radical (unpaired) electrons. The van der Waals surface area contributed by atoms with Crippen molar-refractivity contribution in [3.63, 3.8) is 0 Å². The highest BCUT2D eigenvalue weighted by Crippen LogP contribution is 2.17. The van der Waals surface area contributed by atoms with Gasteiger partial charge in [-0.3, -0.25) is 9.59 Å². The molecule has 2 aromatic carbocycles. The van der Waals surface area contributed by atoms with Crippen LogP contribution in [0.5, 0.6) is 0 Å². The Morgan fingerprint density at radius 2 is 1.67 bits per heavy atom. The van der Waals surface area contributed by atoms with Crippen LogP contribution in [0.25, 0.3) is 0 Å². The van der Waals surface area contributed by atoms with Crippen LogP contribution in [0, 0.1) is 0 Å². The number of likely N-dealkylation sites (tertiary alicyclic amines) is 1. The van der Waals surface area contributed by atoms with Crippen LogP contribution in [0.4, 0.5) is 11.4 Å². The molecule has 0 atom stereocenters. The van der Waals surface area contributed by atoms with Crippen LogP contribution in [0.3, 0.4) is 0 Å². The van der Waals surface area contributed by atoms with E-state index in [0.29, 0.717) is 11.3 Å². The molecule has 5 heteroatoms. The highest BCUT2D eigenvalue weighted by molar-refractivity contribution is 5.98. The third kappa shape index (κ3) is 5.33. The van der Waals surface area contributed by atoms with Crippen molar-refractivity contribution < 1.29 is 9.59 Å². The summed E-state index contributed by atoms with van der Waals surface area (Å²) >= 11 is 0. The van der Waals surface area contributed by atoms with E-state index in [4.69, 9.17) is 0 Å². The van der Waals surface area contributed by atoms with E-state index in [-0.39, 0.29) is 18.4 Å². The van der Waals surface area contributed by atoms with Gasteiger partial charge in [-0.15, -0.1) is 0 Å². The highest BCUT2D eigenvalue weighted by atomic mass is 16.2. The van der Waals surface area contributed by atoms with E-state index in [1.165, 1.54) is 12.8 Å². The molecule has 1 aliphatic heterocycles. The largest absolute Gasteiger partial charge is 0.365 e. The molecule has 142 valence electrons. The van der Waals surface area contributed by atoms with Crippen molar-refractivity contribution in [3.05, 3.63) is 60.2 Å². The van der Waals surface area contributed by atoms with Crippen molar-refractivity contribution in [1.29, 1.82) is 0 Å². The predicted octanol–water partition coefficient (Wildman–Crippen LogP) is 3.78. The summed E-state index contributed by atoms with van der Waals surface area (Å²) in [5, 5.41) is 2.90. The number of nitrogens with one attached hydrogen (secondary N) is 1. The third-order valence-corrected chi connectivity index (χ3v) is 4.86. The first-order valence-electron chi connectivity index (χ1n) is 9.59. The first-order chi connectivity index (χ1) is 13.1. The Labute approximate surface area is 161 Å². The first kappa shape index (κ1) is 19.0. The third-order valence-electron chi connectivity index (χ3n) is 4.86. The molecule has 2 amide bonds. The molecule has 3 rings (SSSR count). The molecule has 0 spiro atoms. The molecule has 0 aromatic heterocycles. The molecule has 1 fully saturated rings. The van der Waals surface area contributed by atoms with E-state index in [9.17, 15) is 9.59 Å². The van der Waals surface area contributed by atoms with E-state index >= 15 is 0 Å². The van der Waals surface area contributed by atoms with Gasteiger partial charge < -0.3 is 15.1 Å². The summed E-state index contributed by atoms with van der Waals surface area (Å²) in [6.07, 6.45) is 4.51. The van der Waals surface area contributed by atoms with Gasteiger partial charge in [0.1, 0.15) is 0 Å². The molecule has 0 bridgehead atoms. The van der Waals surface area contributed by atoms with E-state index in [2.05, 4.69) is 5.32 Å². The number of hydrogen-bond acceptors (Lipinski definition) is 3. The number of carbonyl (C=O) groups excluding carboxylic acids is 2. The zero-order valence-electron chi connectivity index (χ0n) is 15.9. The Bertz CT molecular complexity index is 768. The molecule has 0 saturated carbocycles. The Balaban J connectivity index is 1.61. The second-order valence-electron chi connectivity index (χ2n) is 7.03. The highest BCUT2D eigenvalue weighted by Gasteiger charge is 2.17.